The number of benzene rings is 2. The van der Waals surface area contributed by atoms with Gasteiger partial charge in [-0.2, -0.15) is 0 Å². The van der Waals surface area contributed by atoms with Crippen molar-refractivity contribution >= 4 is 28.2 Å². The zero-order valence-electron chi connectivity index (χ0n) is 14.0. The third-order valence-electron chi connectivity index (χ3n) is 3.67. The van der Waals surface area contributed by atoms with E-state index in [0.717, 1.165) is 11.6 Å². The van der Waals surface area contributed by atoms with Gasteiger partial charge in [-0.1, -0.05) is 36.4 Å². The third kappa shape index (κ3) is 3.81. The van der Waals surface area contributed by atoms with E-state index in [2.05, 4.69) is 5.32 Å². The molecule has 0 unspecified atom stereocenters. The number of halogens is 1. The minimum atomic E-state index is -0.512. The molecule has 132 valence electrons. The molecule has 3 rings (SSSR count). The van der Waals surface area contributed by atoms with E-state index in [1.165, 1.54) is 29.5 Å². The van der Waals surface area contributed by atoms with Crippen LogP contribution in [0.25, 0.3) is 11.1 Å². The molecule has 0 radical (unpaired) electrons. The molecule has 0 fully saturated rings. The molecule has 0 atom stereocenters. The lowest BCUT2D eigenvalue weighted by Crippen LogP contribution is -2.15. The zero-order chi connectivity index (χ0) is 18.5. The maximum Gasteiger partial charge on any atom is 0.341 e. The highest BCUT2D eigenvalue weighted by molar-refractivity contribution is 7.15. The van der Waals surface area contributed by atoms with Crippen LogP contribution in [0.4, 0.5) is 9.39 Å². The number of ether oxygens (including phenoxy) is 1. The van der Waals surface area contributed by atoms with Crippen LogP contribution in [0.2, 0.25) is 0 Å². The summed E-state index contributed by atoms with van der Waals surface area (Å²) >= 11 is 1.23. The quantitative estimate of drug-likeness (QED) is 0.645. The van der Waals surface area contributed by atoms with Gasteiger partial charge in [0, 0.05) is 16.5 Å². The molecule has 0 bridgehead atoms. The van der Waals surface area contributed by atoms with Crippen molar-refractivity contribution in [2.75, 3.05) is 11.9 Å². The van der Waals surface area contributed by atoms with Gasteiger partial charge in [0.2, 0.25) is 0 Å². The molecule has 1 heterocycles. The molecule has 4 nitrogen and oxygen atoms in total. The smallest absolute Gasteiger partial charge is 0.341 e. The monoisotopic (exact) mass is 369 g/mol. The van der Waals surface area contributed by atoms with E-state index >= 15 is 0 Å². The van der Waals surface area contributed by atoms with Crippen molar-refractivity contribution in [1.29, 1.82) is 0 Å². The van der Waals surface area contributed by atoms with Crippen LogP contribution in [0.15, 0.2) is 60.0 Å². The minimum Gasteiger partial charge on any atom is -0.462 e. The molecular weight excluding hydrogens is 353 g/mol. The van der Waals surface area contributed by atoms with E-state index < -0.39 is 17.7 Å². The average Bonchev–Trinajstić information content (AvgIpc) is 3.06. The normalized spacial score (nSPS) is 10.4. The molecule has 26 heavy (non-hydrogen) atoms. The highest BCUT2D eigenvalue weighted by atomic mass is 32.1. The highest BCUT2D eigenvalue weighted by Crippen LogP contribution is 2.36. The Morgan fingerprint density at radius 3 is 2.58 bits per heavy atom. The number of anilines is 1. The molecule has 0 aliphatic carbocycles. The lowest BCUT2D eigenvalue weighted by molar-refractivity contribution is 0.0529. The van der Waals surface area contributed by atoms with E-state index in [1.54, 1.807) is 12.3 Å². The predicted molar refractivity (Wildman–Crippen MR) is 100 cm³/mol. The summed E-state index contributed by atoms with van der Waals surface area (Å²) in [4.78, 5) is 24.9. The first-order valence-corrected chi connectivity index (χ1v) is 8.89. The van der Waals surface area contributed by atoms with Gasteiger partial charge in [0.15, 0.2) is 0 Å². The summed E-state index contributed by atoms with van der Waals surface area (Å²) in [6.45, 7) is 1.94. The summed E-state index contributed by atoms with van der Waals surface area (Å²) in [5.74, 6) is -1.50. The second-order valence-corrected chi connectivity index (χ2v) is 6.28. The van der Waals surface area contributed by atoms with Gasteiger partial charge in [0.25, 0.3) is 5.91 Å². The Hall–Kier alpha value is -2.99. The van der Waals surface area contributed by atoms with Crippen molar-refractivity contribution < 1.29 is 18.7 Å². The van der Waals surface area contributed by atoms with Crippen molar-refractivity contribution in [3.63, 3.8) is 0 Å². The first kappa shape index (κ1) is 17.8. The highest BCUT2D eigenvalue weighted by Gasteiger charge is 2.23. The summed E-state index contributed by atoms with van der Waals surface area (Å²) in [5, 5.41) is 4.86. The summed E-state index contributed by atoms with van der Waals surface area (Å²) < 4.78 is 18.5. The number of hydrogen-bond donors (Lipinski definition) is 1. The Balaban J connectivity index is 1.98. The van der Waals surface area contributed by atoms with Crippen LogP contribution in [0.3, 0.4) is 0 Å². The second-order valence-electron chi connectivity index (χ2n) is 5.40. The van der Waals surface area contributed by atoms with Crippen LogP contribution in [0, 0.1) is 5.82 Å². The Labute approximate surface area is 154 Å². The third-order valence-corrected chi connectivity index (χ3v) is 4.56. The number of carbonyl (C=O) groups is 2. The van der Waals surface area contributed by atoms with Crippen LogP contribution in [-0.2, 0) is 4.74 Å². The molecule has 0 aliphatic heterocycles. The van der Waals surface area contributed by atoms with E-state index in [1.807, 2.05) is 30.3 Å². The molecule has 0 spiro atoms. The van der Waals surface area contributed by atoms with Gasteiger partial charge in [0.1, 0.15) is 16.4 Å². The summed E-state index contributed by atoms with van der Waals surface area (Å²) in [6.07, 6.45) is 0. The molecule has 1 amide bonds. The van der Waals surface area contributed by atoms with Gasteiger partial charge in [-0.3, -0.25) is 4.79 Å². The van der Waals surface area contributed by atoms with Gasteiger partial charge < -0.3 is 10.1 Å². The SMILES string of the molecule is CCOC(=O)c1c(-c2ccccc2)csc1NC(=O)c1cccc(F)c1. The number of esters is 1. The number of thiophene rings is 1. The van der Waals surface area contributed by atoms with E-state index in [0.29, 0.717) is 16.1 Å². The maximum absolute atomic E-state index is 13.3. The number of amides is 1. The van der Waals surface area contributed by atoms with Crippen LogP contribution in [-0.4, -0.2) is 18.5 Å². The van der Waals surface area contributed by atoms with Crippen LogP contribution in [0.1, 0.15) is 27.6 Å². The fourth-order valence-electron chi connectivity index (χ4n) is 2.49. The van der Waals surface area contributed by atoms with Crippen molar-refractivity contribution in [3.8, 4) is 11.1 Å². The average molecular weight is 369 g/mol. The molecule has 1 N–H and O–H groups in total. The van der Waals surface area contributed by atoms with E-state index in [9.17, 15) is 14.0 Å². The number of hydrogen-bond acceptors (Lipinski definition) is 4. The molecule has 0 aliphatic rings. The Kier molecular flexibility index (Phi) is 5.43. The summed E-state index contributed by atoms with van der Waals surface area (Å²) in [7, 11) is 0. The van der Waals surface area contributed by atoms with Crippen molar-refractivity contribution in [3.05, 3.63) is 76.9 Å². The fraction of sp³-hybridized carbons (Fsp3) is 0.100. The number of rotatable bonds is 5. The molecule has 3 aromatic rings. The molecule has 1 aromatic heterocycles. The number of nitrogens with one attached hydrogen (secondary N) is 1. The molecule has 6 heteroatoms. The lowest BCUT2D eigenvalue weighted by Gasteiger charge is -2.09. The Bertz CT molecular complexity index is 937. The van der Waals surface area contributed by atoms with Crippen molar-refractivity contribution in [2.45, 2.75) is 6.92 Å². The summed E-state index contributed by atoms with van der Waals surface area (Å²) in [6, 6.07) is 14.7. The maximum atomic E-state index is 13.3. The Morgan fingerprint density at radius 2 is 1.88 bits per heavy atom. The van der Waals surface area contributed by atoms with Crippen LogP contribution >= 0.6 is 11.3 Å². The van der Waals surface area contributed by atoms with Gasteiger partial charge in [-0.05, 0) is 30.7 Å². The van der Waals surface area contributed by atoms with E-state index in [-0.39, 0.29) is 12.2 Å². The summed E-state index contributed by atoms with van der Waals surface area (Å²) in [5.41, 5.74) is 2.00. The molecule has 2 aromatic carbocycles. The fourth-order valence-corrected chi connectivity index (χ4v) is 3.44. The Morgan fingerprint density at radius 1 is 1.12 bits per heavy atom. The first-order valence-electron chi connectivity index (χ1n) is 8.01. The van der Waals surface area contributed by atoms with Crippen molar-refractivity contribution in [1.82, 2.24) is 0 Å². The zero-order valence-corrected chi connectivity index (χ0v) is 14.8. The largest absolute Gasteiger partial charge is 0.462 e. The van der Waals surface area contributed by atoms with E-state index in [4.69, 9.17) is 4.74 Å². The standard InChI is InChI=1S/C20H16FNO3S/c1-2-25-20(24)17-16(13-7-4-3-5-8-13)12-26-19(17)22-18(23)14-9-6-10-15(21)11-14/h3-12H,2H2,1H3,(H,22,23). The van der Waals surface area contributed by atoms with Gasteiger partial charge in [-0.25, -0.2) is 9.18 Å². The van der Waals surface area contributed by atoms with Crippen molar-refractivity contribution in [2.24, 2.45) is 0 Å². The van der Waals surface area contributed by atoms with Gasteiger partial charge in [-0.15, -0.1) is 11.3 Å². The topological polar surface area (TPSA) is 55.4 Å². The molecule has 0 saturated heterocycles. The van der Waals surface area contributed by atoms with Crippen LogP contribution < -0.4 is 5.32 Å². The predicted octanol–water partition coefficient (Wildman–Crippen LogP) is 4.98. The van der Waals surface area contributed by atoms with Gasteiger partial charge >= 0.3 is 5.97 Å². The minimum absolute atomic E-state index is 0.175. The lowest BCUT2D eigenvalue weighted by atomic mass is 10.0. The van der Waals surface area contributed by atoms with Crippen LogP contribution in [0.5, 0.6) is 0 Å². The second kappa shape index (κ2) is 7.93. The molecule has 0 saturated carbocycles. The van der Waals surface area contributed by atoms with Gasteiger partial charge in [0.05, 0.1) is 6.61 Å². The first-order chi connectivity index (χ1) is 12.6. The number of carbonyl (C=O) groups excluding carboxylic acids is 2. The molecular formula is C20H16FNO3S.